The molecule has 0 saturated carbocycles. The number of halogens is 1. The highest BCUT2D eigenvalue weighted by atomic mass is 35.5. The van der Waals surface area contributed by atoms with Crippen LogP contribution in [0.25, 0.3) is 21.8 Å². The van der Waals surface area contributed by atoms with Gasteiger partial charge < -0.3 is 0 Å². The van der Waals surface area contributed by atoms with Gasteiger partial charge in [-0.25, -0.2) is 4.98 Å². The van der Waals surface area contributed by atoms with E-state index < -0.39 is 4.92 Å². The van der Waals surface area contributed by atoms with Crippen molar-refractivity contribution in [2.24, 2.45) is 0 Å². The van der Waals surface area contributed by atoms with Gasteiger partial charge in [-0.2, -0.15) is 0 Å². The Morgan fingerprint density at radius 1 is 1.10 bits per heavy atom. The van der Waals surface area contributed by atoms with Crippen molar-refractivity contribution < 1.29 is 4.92 Å². The number of fused-ring (bicyclic) bond motifs is 2. The van der Waals surface area contributed by atoms with Gasteiger partial charge in [0.2, 0.25) is 0 Å². The monoisotopic (exact) mass is 286 g/mol. The molecule has 0 N–H and O–H groups in total. The van der Waals surface area contributed by atoms with Gasteiger partial charge in [-0.1, -0.05) is 35.9 Å². The first-order valence-electron chi connectivity index (χ1n) is 6.13. The van der Waals surface area contributed by atoms with E-state index in [1.807, 2.05) is 32.0 Å². The number of nitro groups is 1. The fourth-order valence-electron chi connectivity index (χ4n) is 2.43. The first-order chi connectivity index (χ1) is 9.50. The molecular formula is C15H11ClN2O2. The van der Waals surface area contributed by atoms with E-state index in [-0.39, 0.29) is 5.69 Å². The van der Waals surface area contributed by atoms with Crippen LogP contribution in [0.2, 0.25) is 5.02 Å². The average molecular weight is 287 g/mol. The number of rotatable bonds is 1. The van der Waals surface area contributed by atoms with Crippen LogP contribution in [0, 0.1) is 24.0 Å². The molecule has 1 aromatic heterocycles. The van der Waals surface area contributed by atoms with Crippen LogP contribution in [0.5, 0.6) is 0 Å². The maximum absolute atomic E-state index is 11.2. The number of aromatic nitrogens is 1. The Balaban J connectivity index is 2.63. The van der Waals surface area contributed by atoms with Crippen LogP contribution in [0.1, 0.15) is 11.1 Å². The first kappa shape index (κ1) is 12.8. The van der Waals surface area contributed by atoms with Gasteiger partial charge in [-0.05, 0) is 25.0 Å². The maximum atomic E-state index is 11.2. The Hall–Kier alpha value is -2.20. The standard InChI is InChI=1S/C15H11ClN2O2/c1-8-4-3-5-10-13(16)12-11(18(19)20)7-6-9(2)15(12)17-14(8)10/h3-7H,1-2H3. The molecule has 20 heavy (non-hydrogen) atoms. The van der Waals surface area contributed by atoms with Crippen LogP contribution in [-0.4, -0.2) is 9.91 Å². The summed E-state index contributed by atoms with van der Waals surface area (Å²) in [6.45, 7) is 3.82. The predicted molar refractivity (Wildman–Crippen MR) is 80.4 cm³/mol. The summed E-state index contributed by atoms with van der Waals surface area (Å²) >= 11 is 6.42. The lowest BCUT2D eigenvalue weighted by molar-refractivity contribution is -0.383. The molecule has 5 heteroatoms. The number of nitrogens with zero attached hydrogens (tertiary/aromatic N) is 2. The molecule has 0 spiro atoms. The van der Waals surface area contributed by atoms with E-state index in [2.05, 4.69) is 4.98 Å². The van der Waals surface area contributed by atoms with Crippen LogP contribution in [0.3, 0.4) is 0 Å². The van der Waals surface area contributed by atoms with Gasteiger partial charge in [0.1, 0.15) is 0 Å². The molecular weight excluding hydrogens is 276 g/mol. The molecule has 0 aliphatic heterocycles. The van der Waals surface area contributed by atoms with Crippen molar-refractivity contribution in [2.45, 2.75) is 13.8 Å². The third kappa shape index (κ3) is 1.72. The second-order valence-electron chi connectivity index (χ2n) is 4.78. The minimum absolute atomic E-state index is 0.00786. The first-order valence-corrected chi connectivity index (χ1v) is 6.51. The summed E-state index contributed by atoms with van der Waals surface area (Å²) in [6, 6.07) is 8.84. The van der Waals surface area contributed by atoms with Gasteiger partial charge in [-0.15, -0.1) is 0 Å². The van der Waals surface area contributed by atoms with E-state index in [0.29, 0.717) is 15.9 Å². The van der Waals surface area contributed by atoms with Gasteiger partial charge in [0.25, 0.3) is 5.69 Å². The minimum atomic E-state index is -0.420. The van der Waals surface area contributed by atoms with Crippen molar-refractivity contribution in [1.82, 2.24) is 4.98 Å². The zero-order valence-electron chi connectivity index (χ0n) is 11.0. The van der Waals surface area contributed by atoms with Crippen molar-refractivity contribution in [3.8, 4) is 0 Å². The van der Waals surface area contributed by atoms with Crippen molar-refractivity contribution >= 4 is 39.1 Å². The lowest BCUT2D eigenvalue weighted by atomic mass is 10.0. The smallest absolute Gasteiger partial charge is 0.258 e. The van der Waals surface area contributed by atoms with E-state index in [4.69, 9.17) is 11.6 Å². The Bertz CT molecular complexity index is 875. The minimum Gasteiger partial charge on any atom is -0.258 e. The normalized spacial score (nSPS) is 11.2. The Kier molecular flexibility index (Phi) is 2.83. The molecule has 0 fully saturated rings. The molecule has 4 nitrogen and oxygen atoms in total. The highest BCUT2D eigenvalue weighted by molar-refractivity contribution is 6.41. The number of hydrogen-bond acceptors (Lipinski definition) is 3. The van der Waals surface area contributed by atoms with Gasteiger partial charge >= 0.3 is 0 Å². The van der Waals surface area contributed by atoms with Crippen LogP contribution in [-0.2, 0) is 0 Å². The van der Waals surface area contributed by atoms with Crippen LogP contribution in [0.4, 0.5) is 5.69 Å². The third-order valence-corrected chi connectivity index (χ3v) is 3.86. The molecule has 2 aromatic carbocycles. The Labute approximate surface area is 120 Å². The number of non-ortho nitro benzene ring substituents is 1. The number of aryl methyl sites for hydroxylation is 2. The van der Waals surface area contributed by atoms with Crippen LogP contribution in [0.15, 0.2) is 30.3 Å². The van der Waals surface area contributed by atoms with E-state index >= 15 is 0 Å². The fourth-order valence-corrected chi connectivity index (χ4v) is 2.77. The maximum Gasteiger partial charge on any atom is 0.280 e. The molecule has 0 aliphatic rings. The SMILES string of the molecule is Cc1cccc2c(Cl)c3c([N+](=O)[O-])ccc(C)c3nc12. The zero-order chi connectivity index (χ0) is 14.4. The van der Waals surface area contributed by atoms with Crippen LogP contribution < -0.4 is 0 Å². The largest absolute Gasteiger partial charge is 0.280 e. The van der Waals surface area contributed by atoms with Crippen molar-refractivity contribution in [2.75, 3.05) is 0 Å². The number of hydrogen-bond donors (Lipinski definition) is 0. The quantitative estimate of drug-likeness (QED) is 0.374. The summed E-state index contributed by atoms with van der Waals surface area (Å²) in [6.07, 6.45) is 0. The molecule has 100 valence electrons. The number of para-hydroxylation sites is 1. The second kappa shape index (κ2) is 4.42. The van der Waals surface area contributed by atoms with Gasteiger partial charge in [0.15, 0.2) is 0 Å². The Morgan fingerprint density at radius 2 is 1.80 bits per heavy atom. The summed E-state index contributed by atoms with van der Waals surface area (Å²) in [4.78, 5) is 15.4. The van der Waals surface area contributed by atoms with Gasteiger partial charge in [0, 0.05) is 11.5 Å². The molecule has 3 aromatic rings. The summed E-state index contributed by atoms with van der Waals surface area (Å²) in [5, 5.41) is 12.7. The number of nitro benzene ring substituents is 1. The summed E-state index contributed by atoms with van der Waals surface area (Å²) in [7, 11) is 0. The van der Waals surface area contributed by atoms with E-state index in [1.165, 1.54) is 6.07 Å². The van der Waals surface area contributed by atoms with E-state index in [9.17, 15) is 10.1 Å². The zero-order valence-corrected chi connectivity index (χ0v) is 11.7. The summed E-state index contributed by atoms with van der Waals surface area (Å²) in [5.74, 6) is 0. The molecule has 3 rings (SSSR count). The van der Waals surface area contributed by atoms with Crippen molar-refractivity contribution in [3.63, 3.8) is 0 Å². The predicted octanol–water partition coefficient (Wildman–Crippen LogP) is 4.57. The highest BCUT2D eigenvalue weighted by Crippen LogP contribution is 2.37. The van der Waals surface area contributed by atoms with Gasteiger partial charge in [-0.3, -0.25) is 10.1 Å². The second-order valence-corrected chi connectivity index (χ2v) is 5.16. The van der Waals surface area contributed by atoms with Crippen molar-refractivity contribution in [3.05, 3.63) is 56.6 Å². The number of benzene rings is 2. The molecule has 0 atom stereocenters. The molecule has 0 aliphatic carbocycles. The summed E-state index contributed by atoms with van der Waals surface area (Å²) < 4.78 is 0. The van der Waals surface area contributed by atoms with E-state index in [1.54, 1.807) is 6.07 Å². The molecule has 0 saturated heterocycles. The molecule has 0 unspecified atom stereocenters. The molecule has 0 amide bonds. The topological polar surface area (TPSA) is 56.0 Å². The van der Waals surface area contributed by atoms with Crippen LogP contribution >= 0.6 is 11.6 Å². The number of pyridine rings is 1. The van der Waals surface area contributed by atoms with E-state index in [0.717, 1.165) is 22.0 Å². The fraction of sp³-hybridized carbons (Fsp3) is 0.133. The Morgan fingerprint density at radius 3 is 2.50 bits per heavy atom. The lowest BCUT2D eigenvalue weighted by Gasteiger charge is -2.09. The lowest BCUT2D eigenvalue weighted by Crippen LogP contribution is -1.95. The average Bonchev–Trinajstić information content (AvgIpc) is 2.41. The summed E-state index contributed by atoms with van der Waals surface area (Å²) in [5.41, 5.74) is 3.24. The van der Waals surface area contributed by atoms with Crippen molar-refractivity contribution in [1.29, 1.82) is 0 Å². The van der Waals surface area contributed by atoms with Gasteiger partial charge in [0.05, 0.1) is 26.4 Å². The third-order valence-electron chi connectivity index (χ3n) is 3.47. The molecule has 0 radical (unpaired) electrons. The molecule has 1 heterocycles. The molecule has 0 bridgehead atoms. The highest BCUT2D eigenvalue weighted by Gasteiger charge is 2.19.